The van der Waals surface area contributed by atoms with Crippen molar-refractivity contribution < 1.29 is 4.39 Å². The van der Waals surface area contributed by atoms with E-state index >= 15 is 0 Å². The fraction of sp³-hybridized carbons (Fsp3) is 0.286. The number of rotatable bonds is 4. The van der Waals surface area contributed by atoms with E-state index < -0.39 is 0 Å². The monoisotopic (exact) mass is 249 g/mol. The van der Waals surface area contributed by atoms with Gasteiger partial charge in [0, 0.05) is 21.9 Å². The van der Waals surface area contributed by atoms with Crippen molar-refractivity contribution in [3.05, 3.63) is 46.6 Å². The molecule has 0 aliphatic heterocycles. The van der Waals surface area contributed by atoms with Crippen LogP contribution in [0.4, 0.5) is 4.39 Å². The van der Waals surface area contributed by atoms with Gasteiger partial charge in [-0.15, -0.1) is 11.3 Å². The van der Waals surface area contributed by atoms with Gasteiger partial charge in [-0.2, -0.15) is 0 Å². The van der Waals surface area contributed by atoms with E-state index in [0.29, 0.717) is 5.56 Å². The molecule has 1 aromatic heterocycles. The summed E-state index contributed by atoms with van der Waals surface area (Å²) < 4.78 is 13.7. The molecule has 2 rings (SSSR count). The second-order valence-electron chi connectivity index (χ2n) is 4.03. The molecule has 0 saturated heterocycles. The minimum Gasteiger partial charge on any atom is -0.312 e. The molecule has 0 saturated carbocycles. The topological polar surface area (TPSA) is 12.0 Å². The summed E-state index contributed by atoms with van der Waals surface area (Å²) in [6.07, 6.45) is 0. The van der Waals surface area contributed by atoms with E-state index in [9.17, 15) is 4.39 Å². The maximum atomic E-state index is 13.7. The molecule has 0 spiro atoms. The molecule has 0 bridgehead atoms. The third-order valence-electron chi connectivity index (χ3n) is 2.60. The van der Waals surface area contributed by atoms with Crippen molar-refractivity contribution >= 4 is 11.3 Å². The van der Waals surface area contributed by atoms with Crippen molar-refractivity contribution in [1.29, 1.82) is 0 Å². The van der Waals surface area contributed by atoms with Crippen molar-refractivity contribution in [2.75, 3.05) is 6.54 Å². The van der Waals surface area contributed by atoms with Crippen LogP contribution in [-0.2, 0) is 6.54 Å². The van der Waals surface area contributed by atoms with Crippen LogP contribution in [0.1, 0.15) is 17.4 Å². The third-order valence-corrected chi connectivity index (χ3v) is 3.72. The normalized spacial score (nSPS) is 10.8. The van der Waals surface area contributed by atoms with Crippen molar-refractivity contribution in [1.82, 2.24) is 5.32 Å². The van der Waals surface area contributed by atoms with Gasteiger partial charge in [-0.3, -0.25) is 0 Å². The first kappa shape index (κ1) is 12.3. The van der Waals surface area contributed by atoms with Crippen molar-refractivity contribution in [3.8, 4) is 10.4 Å². The Morgan fingerprint density at radius 3 is 2.82 bits per heavy atom. The highest BCUT2D eigenvalue weighted by Crippen LogP contribution is 2.30. The van der Waals surface area contributed by atoms with E-state index in [0.717, 1.165) is 23.5 Å². The van der Waals surface area contributed by atoms with E-state index in [-0.39, 0.29) is 5.82 Å². The van der Waals surface area contributed by atoms with E-state index in [1.54, 1.807) is 17.4 Å². The second kappa shape index (κ2) is 5.43. The summed E-state index contributed by atoms with van der Waals surface area (Å²) >= 11 is 1.65. The lowest BCUT2D eigenvalue weighted by molar-refractivity contribution is 0.631. The standard InChI is InChI=1S/C14H16FNS/c1-3-16-9-11-5-7-14(17-11)12-8-10(2)4-6-13(12)15/h4-8,16H,3,9H2,1-2H3. The van der Waals surface area contributed by atoms with Crippen LogP contribution in [0.2, 0.25) is 0 Å². The van der Waals surface area contributed by atoms with Gasteiger partial charge < -0.3 is 5.32 Å². The predicted molar refractivity (Wildman–Crippen MR) is 71.8 cm³/mol. The zero-order chi connectivity index (χ0) is 12.3. The van der Waals surface area contributed by atoms with E-state index in [1.165, 1.54) is 10.9 Å². The van der Waals surface area contributed by atoms with Gasteiger partial charge in [0.2, 0.25) is 0 Å². The second-order valence-corrected chi connectivity index (χ2v) is 5.20. The summed E-state index contributed by atoms with van der Waals surface area (Å²) in [5, 5.41) is 3.27. The molecule has 0 fully saturated rings. The summed E-state index contributed by atoms with van der Waals surface area (Å²) in [7, 11) is 0. The highest BCUT2D eigenvalue weighted by Gasteiger charge is 2.08. The first-order valence-corrected chi connectivity index (χ1v) is 6.58. The van der Waals surface area contributed by atoms with Crippen LogP contribution in [-0.4, -0.2) is 6.54 Å². The van der Waals surface area contributed by atoms with Gasteiger partial charge in [0.05, 0.1) is 0 Å². The number of benzene rings is 1. The Kier molecular flexibility index (Phi) is 3.92. The summed E-state index contributed by atoms with van der Waals surface area (Å²) in [5.41, 5.74) is 1.79. The fourth-order valence-corrected chi connectivity index (χ4v) is 2.69. The molecule has 1 N–H and O–H groups in total. The van der Waals surface area contributed by atoms with Crippen LogP contribution >= 0.6 is 11.3 Å². The zero-order valence-electron chi connectivity index (χ0n) is 10.1. The molecule has 0 aliphatic carbocycles. The summed E-state index contributed by atoms with van der Waals surface area (Å²) in [6, 6.07) is 9.29. The summed E-state index contributed by atoms with van der Waals surface area (Å²) in [6.45, 7) is 5.87. The Hall–Kier alpha value is -1.19. The van der Waals surface area contributed by atoms with Crippen LogP contribution in [0.25, 0.3) is 10.4 Å². The Bertz CT molecular complexity index is 505. The average molecular weight is 249 g/mol. The molecule has 0 atom stereocenters. The Labute approximate surface area is 105 Å². The van der Waals surface area contributed by atoms with Gasteiger partial charge in [0.15, 0.2) is 0 Å². The largest absolute Gasteiger partial charge is 0.312 e. The van der Waals surface area contributed by atoms with Crippen LogP contribution < -0.4 is 5.32 Å². The van der Waals surface area contributed by atoms with Crippen molar-refractivity contribution in [2.45, 2.75) is 20.4 Å². The molecule has 1 heterocycles. The van der Waals surface area contributed by atoms with Crippen LogP contribution in [0.3, 0.4) is 0 Å². The Balaban J connectivity index is 2.27. The molecule has 17 heavy (non-hydrogen) atoms. The maximum Gasteiger partial charge on any atom is 0.131 e. The third kappa shape index (κ3) is 2.93. The smallest absolute Gasteiger partial charge is 0.131 e. The number of nitrogens with one attached hydrogen (secondary N) is 1. The summed E-state index contributed by atoms with van der Waals surface area (Å²) in [5.74, 6) is -0.146. The van der Waals surface area contributed by atoms with Gasteiger partial charge in [-0.1, -0.05) is 18.6 Å². The van der Waals surface area contributed by atoms with Crippen LogP contribution in [0.5, 0.6) is 0 Å². The van der Waals surface area contributed by atoms with E-state index in [2.05, 4.69) is 18.3 Å². The molecule has 0 aliphatic rings. The zero-order valence-corrected chi connectivity index (χ0v) is 10.9. The number of aryl methyl sites for hydroxylation is 1. The highest BCUT2D eigenvalue weighted by atomic mass is 32.1. The SMILES string of the molecule is CCNCc1ccc(-c2cc(C)ccc2F)s1. The lowest BCUT2D eigenvalue weighted by Crippen LogP contribution is -2.10. The van der Waals surface area contributed by atoms with Gasteiger partial charge in [-0.05, 0) is 37.7 Å². The Morgan fingerprint density at radius 2 is 2.06 bits per heavy atom. The average Bonchev–Trinajstić information content (AvgIpc) is 2.78. The quantitative estimate of drug-likeness (QED) is 0.864. The first-order valence-electron chi connectivity index (χ1n) is 5.76. The van der Waals surface area contributed by atoms with Crippen molar-refractivity contribution in [2.24, 2.45) is 0 Å². The number of hydrogen-bond acceptors (Lipinski definition) is 2. The molecule has 3 heteroatoms. The molecule has 0 unspecified atom stereocenters. The number of thiophene rings is 1. The van der Waals surface area contributed by atoms with Gasteiger partial charge in [0.1, 0.15) is 5.82 Å². The lowest BCUT2D eigenvalue weighted by Gasteiger charge is -2.01. The minimum atomic E-state index is -0.146. The van der Waals surface area contributed by atoms with E-state index in [1.807, 2.05) is 19.1 Å². The molecule has 1 aromatic carbocycles. The number of halogens is 1. The number of hydrogen-bond donors (Lipinski definition) is 1. The summed E-state index contributed by atoms with van der Waals surface area (Å²) in [4.78, 5) is 2.24. The molecule has 2 aromatic rings. The predicted octanol–water partition coefficient (Wildman–Crippen LogP) is 3.97. The van der Waals surface area contributed by atoms with Crippen molar-refractivity contribution in [3.63, 3.8) is 0 Å². The molecular formula is C14H16FNS. The van der Waals surface area contributed by atoms with Crippen LogP contribution in [0, 0.1) is 12.7 Å². The van der Waals surface area contributed by atoms with Gasteiger partial charge in [0.25, 0.3) is 0 Å². The lowest BCUT2D eigenvalue weighted by atomic mass is 10.1. The highest BCUT2D eigenvalue weighted by molar-refractivity contribution is 7.15. The molecule has 90 valence electrons. The first-order chi connectivity index (χ1) is 8.20. The van der Waals surface area contributed by atoms with Crippen LogP contribution in [0.15, 0.2) is 30.3 Å². The van der Waals surface area contributed by atoms with Gasteiger partial charge in [-0.25, -0.2) is 4.39 Å². The van der Waals surface area contributed by atoms with Gasteiger partial charge >= 0.3 is 0 Å². The minimum absolute atomic E-state index is 0.146. The molecule has 1 nitrogen and oxygen atoms in total. The molecule has 0 radical (unpaired) electrons. The van der Waals surface area contributed by atoms with E-state index in [4.69, 9.17) is 0 Å². The fourth-order valence-electron chi connectivity index (χ4n) is 1.69. The molecule has 0 amide bonds. The molecular weight excluding hydrogens is 233 g/mol. The maximum absolute atomic E-state index is 13.7. The Morgan fingerprint density at radius 1 is 1.24 bits per heavy atom.